The van der Waals surface area contributed by atoms with E-state index in [1.165, 1.54) is 0 Å². The fourth-order valence-electron chi connectivity index (χ4n) is 2.04. The molecule has 0 bridgehead atoms. The van der Waals surface area contributed by atoms with E-state index in [1.807, 2.05) is 61.5 Å². The number of benzene rings is 2. The van der Waals surface area contributed by atoms with Crippen LogP contribution in [0.2, 0.25) is 0 Å². The van der Waals surface area contributed by atoms with Gasteiger partial charge in [0.2, 0.25) is 0 Å². The Morgan fingerprint density at radius 3 is 2.30 bits per heavy atom. The second-order valence-corrected chi connectivity index (χ2v) is 5.55. The van der Waals surface area contributed by atoms with E-state index in [0.29, 0.717) is 5.76 Å². The molecule has 1 heterocycles. The fourth-order valence-corrected chi connectivity index (χ4v) is 2.93. The van der Waals surface area contributed by atoms with E-state index in [1.54, 1.807) is 4.57 Å². The van der Waals surface area contributed by atoms with Crippen LogP contribution >= 0.6 is 22.6 Å². The molecule has 0 fully saturated rings. The molecule has 0 aliphatic carbocycles. The number of aromatic nitrogens is 1. The zero-order chi connectivity index (χ0) is 14.1. The summed E-state index contributed by atoms with van der Waals surface area (Å²) in [5.41, 5.74) is 2.87. The second kappa shape index (κ2) is 5.28. The first kappa shape index (κ1) is 13.2. The summed E-state index contributed by atoms with van der Waals surface area (Å²) in [5, 5.41) is 0. The molecule has 4 heteroatoms. The van der Waals surface area contributed by atoms with Crippen molar-refractivity contribution >= 4 is 22.6 Å². The highest BCUT2D eigenvalue weighted by Gasteiger charge is 2.16. The van der Waals surface area contributed by atoms with Crippen molar-refractivity contribution in [3.05, 3.63) is 74.4 Å². The van der Waals surface area contributed by atoms with Crippen LogP contribution in [-0.2, 0) is 0 Å². The van der Waals surface area contributed by atoms with Gasteiger partial charge in [0.05, 0.1) is 5.69 Å². The first-order valence-electron chi connectivity index (χ1n) is 6.20. The molecule has 2 aromatic carbocycles. The van der Waals surface area contributed by atoms with Gasteiger partial charge < -0.3 is 4.42 Å². The van der Waals surface area contributed by atoms with Gasteiger partial charge in [-0.15, -0.1) is 0 Å². The Morgan fingerprint density at radius 2 is 1.65 bits per heavy atom. The van der Waals surface area contributed by atoms with Gasteiger partial charge in [0.15, 0.2) is 5.76 Å². The maximum Gasteiger partial charge on any atom is 0.425 e. The first-order valence-corrected chi connectivity index (χ1v) is 7.28. The molecule has 0 saturated carbocycles. The van der Waals surface area contributed by atoms with Crippen molar-refractivity contribution in [2.45, 2.75) is 6.92 Å². The smallest absolute Gasteiger partial charge is 0.406 e. The monoisotopic (exact) mass is 377 g/mol. The maximum absolute atomic E-state index is 12.1. The summed E-state index contributed by atoms with van der Waals surface area (Å²) in [4.78, 5) is 12.1. The summed E-state index contributed by atoms with van der Waals surface area (Å²) in [6, 6.07) is 17.4. The third kappa shape index (κ3) is 2.31. The van der Waals surface area contributed by atoms with Crippen LogP contribution in [-0.4, -0.2) is 4.57 Å². The zero-order valence-electron chi connectivity index (χ0n) is 10.8. The van der Waals surface area contributed by atoms with Gasteiger partial charge >= 0.3 is 5.76 Å². The lowest BCUT2D eigenvalue weighted by molar-refractivity contribution is 0.516. The molecule has 0 aliphatic rings. The van der Waals surface area contributed by atoms with E-state index in [9.17, 15) is 4.79 Å². The summed E-state index contributed by atoms with van der Waals surface area (Å²) < 4.78 is 7.78. The average molecular weight is 377 g/mol. The summed E-state index contributed by atoms with van der Waals surface area (Å²) in [6.07, 6.45) is 0. The van der Waals surface area contributed by atoms with E-state index >= 15 is 0 Å². The number of hydrogen-bond acceptors (Lipinski definition) is 2. The molecule has 0 aliphatic heterocycles. The number of oxazole rings is 1. The summed E-state index contributed by atoms with van der Waals surface area (Å²) in [6.45, 7) is 2.02. The van der Waals surface area contributed by atoms with Gasteiger partial charge in [0, 0.05) is 5.56 Å². The van der Waals surface area contributed by atoms with Crippen molar-refractivity contribution in [1.82, 2.24) is 4.57 Å². The predicted molar refractivity (Wildman–Crippen MR) is 87.2 cm³/mol. The normalized spacial score (nSPS) is 10.7. The minimum absolute atomic E-state index is 0.364. The Morgan fingerprint density at radius 1 is 1.00 bits per heavy atom. The molecule has 0 N–H and O–H groups in total. The molecule has 3 rings (SSSR count). The standard InChI is InChI=1S/C16H12INO2/c1-11-7-9-13(10-8-11)18-15(17)14(20-16(18)19)12-5-3-2-4-6-12/h2-10H,1H3. The largest absolute Gasteiger partial charge is 0.425 e. The van der Waals surface area contributed by atoms with E-state index in [-0.39, 0.29) is 5.76 Å². The van der Waals surface area contributed by atoms with Crippen LogP contribution in [0.3, 0.4) is 0 Å². The number of hydrogen-bond donors (Lipinski definition) is 0. The Labute approximate surface area is 130 Å². The minimum Gasteiger partial charge on any atom is -0.406 e. The molecule has 0 atom stereocenters. The van der Waals surface area contributed by atoms with Crippen LogP contribution < -0.4 is 5.76 Å². The summed E-state index contributed by atoms with van der Waals surface area (Å²) >= 11 is 2.15. The van der Waals surface area contributed by atoms with Crippen molar-refractivity contribution in [2.75, 3.05) is 0 Å². The molecule has 0 spiro atoms. The average Bonchev–Trinajstić information content (AvgIpc) is 2.76. The topological polar surface area (TPSA) is 35.1 Å². The molecular weight excluding hydrogens is 365 g/mol. The summed E-state index contributed by atoms with van der Waals surface area (Å²) in [5.74, 6) is 0.244. The Kier molecular flexibility index (Phi) is 3.48. The molecular formula is C16H12INO2. The molecule has 3 aromatic rings. The van der Waals surface area contributed by atoms with Gasteiger partial charge in [-0.1, -0.05) is 48.0 Å². The number of rotatable bonds is 2. The fraction of sp³-hybridized carbons (Fsp3) is 0.0625. The van der Waals surface area contributed by atoms with Crippen LogP contribution in [0.25, 0.3) is 17.0 Å². The van der Waals surface area contributed by atoms with Crippen molar-refractivity contribution in [3.8, 4) is 17.0 Å². The molecule has 3 nitrogen and oxygen atoms in total. The van der Waals surface area contributed by atoms with Crippen LogP contribution in [0.4, 0.5) is 0 Å². The zero-order valence-corrected chi connectivity index (χ0v) is 13.0. The number of halogens is 1. The number of aryl methyl sites for hydroxylation is 1. The van der Waals surface area contributed by atoms with Crippen LogP contribution in [0.1, 0.15) is 5.56 Å². The molecule has 20 heavy (non-hydrogen) atoms. The maximum atomic E-state index is 12.1. The lowest BCUT2D eigenvalue weighted by Gasteiger charge is -2.03. The second-order valence-electron chi connectivity index (χ2n) is 4.52. The molecule has 0 amide bonds. The first-order chi connectivity index (χ1) is 9.66. The lowest BCUT2D eigenvalue weighted by Crippen LogP contribution is -2.13. The highest BCUT2D eigenvalue weighted by atomic mass is 127. The van der Waals surface area contributed by atoms with Crippen LogP contribution in [0.15, 0.2) is 63.8 Å². The third-order valence-corrected chi connectivity index (χ3v) is 4.06. The van der Waals surface area contributed by atoms with E-state index in [2.05, 4.69) is 22.6 Å². The quantitative estimate of drug-likeness (QED) is 0.633. The minimum atomic E-state index is -0.364. The van der Waals surface area contributed by atoms with Gasteiger partial charge in [-0.05, 0) is 41.6 Å². The predicted octanol–water partition coefficient (Wildman–Crippen LogP) is 4.01. The Hall–Kier alpha value is -1.82. The highest BCUT2D eigenvalue weighted by molar-refractivity contribution is 14.1. The van der Waals surface area contributed by atoms with Gasteiger partial charge in [-0.3, -0.25) is 0 Å². The Balaban J connectivity index is 2.17. The van der Waals surface area contributed by atoms with Gasteiger partial charge in [-0.25, -0.2) is 9.36 Å². The molecule has 0 unspecified atom stereocenters. The van der Waals surface area contributed by atoms with Gasteiger partial charge in [0.25, 0.3) is 0 Å². The number of nitrogens with zero attached hydrogens (tertiary/aromatic N) is 1. The highest BCUT2D eigenvalue weighted by Crippen LogP contribution is 2.26. The van der Waals surface area contributed by atoms with E-state index in [4.69, 9.17) is 4.42 Å². The Bertz CT molecular complexity index is 786. The molecule has 100 valence electrons. The van der Waals surface area contributed by atoms with Crippen molar-refractivity contribution < 1.29 is 4.42 Å². The van der Waals surface area contributed by atoms with Crippen molar-refractivity contribution in [1.29, 1.82) is 0 Å². The van der Waals surface area contributed by atoms with E-state index in [0.717, 1.165) is 20.5 Å². The van der Waals surface area contributed by atoms with Crippen LogP contribution in [0, 0.1) is 10.6 Å². The SMILES string of the molecule is Cc1ccc(-n2c(I)c(-c3ccccc3)oc2=O)cc1. The van der Waals surface area contributed by atoms with Gasteiger partial charge in [0.1, 0.15) is 3.70 Å². The van der Waals surface area contributed by atoms with Crippen molar-refractivity contribution in [2.24, 2.45) is 0 Å². The molecule has 1 aromatic heterocycles. The van der Waals surface area contributed by atoms with Crippen LogP contribution in [0.5, 0.6) is 0 Å². The third-order valence-electron chi connectivity index (χ3n) is 3.08. The van der Waals surface area contributed by atoms with E-state index < -0.39 is 0 Å². The summed E-state index contributed by atoms with van der Waals surface area (Å²) in [7, 11) is 0. The molecule has 0 radical (unpaired) electrons. The lowest BCUT2D eigenvalue weighted by atomic mass is 10.2. The van der Waals surface area contributed by atoms with Gasteiger partial charge in [-0.2, -0.15) is 0 Å². The molecule has 0 saturated heterocycles. The van der Waals surface area contributed by atoms with Crippen molar-refractivity contribution in [3.63, 3.8) is 0 Å².